The highest BCUT2D eigenvalue weighted by Crippen LogP contribution is 2.36. The molecule has 2 aromatic carbocycles. The zero-order chi connectivity index (χ0) is 19.6. The largest absolute Gasteiger partial charge is 0.496 e. The lowest BCUT2D eigenvalue weighted by molar-refractivity contribution is 0.102. The summed E-state index contributed by atoms with van der Waals surface area (Å²) < 4.78 is 5.30. The Morgan fingerprint density at radius 3 is 2.52 bits per heavy atom. The van der Waals surface area contributed by atoms with Crippen LogP contribution < -0.4 is 20.7 Å². The fraction of sp³-hybridized carbons (Fsp3) is 0.409. The summed E-state index contributed by atoms with van der Waals surface area (Å²) in [4.78, 5) is 15.2. The molecule has 0 radical (unpaired) electrons. The first-order valence-electron chi connectivity index (χ1n) is 9.55. The van der Waals surface area contributed by atoms with E-state index in [1.165, 1.54) is 19.3 Å². The first-order chi connectivity index (χ1) is 12.9. The summed E-state index contributed by atoms with van der Waals surface area (Å²) in [6.45, 7) is 6.60. The first-order valence-corrected chi connectivity index (χ1v) is 9.55. The average molecular weight is 367 g/mol. The van der Waals surface area contributed by atoms with Crippen LogP contribution >= 0.6 is 0 Å². The van der Waals surface area contributed by atoms with Crippen LogP contribution in [0, 0.1) is 6.92 Å². The zero-order valence-corrected chi connectivity index (χ0v) is 16.6. The number of nitrogens with zero attached hydrogens (tertiary/aromatic N) is 1. The molecule has 5 nitrogen and oxygen atoms in total. The summed E-state index contributed by atoms with van der Waals surface area (Å²) in [7, 11) is 1.56. The molecule has 1 aliphatic heterocycles. The van der Waals surface area contributed by atoms with Crippen LogP contribution in [-0.4, -0.2) is 25.1 Å². The van der Waals surface area contributed by atoms with Gasteiger partial charge < -0.3 is 20.7 Å². The summed E-state index contributed by atoms with van der Waals surface area (Å²) in [5, 5.41) is 2.97. The van der Waals surface area contributed by atoms with Gasteiger partial charge in [0.1, 0.15) is 5.75 Å². The molecule has 0 spiro atoms. The maximum Gasteiger partial charge on any atom is 0.259 e. The summed E-state index contributed by atoms with van der Waals surface area (Å²) >= 11 is 0. The van der Waals surface area contributed by atoms with Crippen LogP contribution in [0.4, 0.5) is 17.1 Å². The van der Waals surface area contributed by atoms with E-state index in [0.717, 1.165) is 11.3 Å². The molecule has 1 saturated heterocycles. The van der Waals surface area contributed by atoms with E-state index in [1.54, 1.807) is 19.2 Å². The van der Waals surface area contributed by atoms with Crippen LogP contribution in [0.2, 0.25) is 0 Å². The van der Waals surface area contributed by atoms with Crippen LogP contribution in [-0.2, 0) is 0 Å². The Morgan fingerprint density at radius 2 is 1.85 bits per heavy atom. The molecule has 144 valence electrons. The zero-order valence-electron chi connectivity index (χ0n) is 16.6. The number of carbonyl (C=O) groups excluding carboxylic acids is 1. The summed E-state index contributed by atoms with van der Waals surface area (Å²) in [6.07, 6.45) is 3.61. The topological polar surface area (TPSA) is 67.6 Å². The number of hydrogen-bond donors (Lipinski definition) is 2. The quantitative estimate of drug-likeness (QED) is 0.775. The molecule has 1 aliphatic rings. The maximum atomic E-state index is 12.8. The predicted molar refractivity (Wildman–Crippen MR) is 112 cm³/mol. The molecule has 1 heterocycles. The predicted octanol–water partition coefficient (Wildman–Crippen LogP) is 4.61. The lowest BCUT2D eigenvalue weighted by atomic mass is 9.95. The molecule has 0 aliphatic carbocycles. The van der Waals surface area contributed by atoms with Crippen LogP contribution in [0.15, 0.2) is 36.4 Å². The van der Waals surface area contributed by atoms with E-state index < -0.39 is 0 Å². The smallest absolute Gasteiger partial charge is 0.259 e. The van der Waals surface area contributed by atoms with Crippen LogP contribution in [0.3, 0.4) is 0 Å². The number of carbonyl (C=O) groups is 1. The van der Waals surface area contributed by atoms with Crippen molar-refractivity contribution in [1.29, 1.82) is 0 Å². The Labute approximate surface area is 161 Å². The molecule has 0 bridgehead atoms. The van der Waals surface area contributed by atoms with Gasteiger partial charge in [-0.2, -0.15) is 0 Å². The van der Waals surface area contributed by atoms with Crippen LogP contribution in [0.25, 0.3) is 0 Å². The SMILES string of the molecule is COc1ccccc1C(=O)Nc1cc(N2C(C)CCCC2C)c(C)cc1N. The van der Waals surface area contributed by atoms with E-state index in [2.05, 4.69) is 31.0 Å². The third-order valence-electron chi connectivity index (χ3n) is 5.44. The molecular formula is C22H29N3O2. The van der Waals surface area contributed by atoms with E-state index in [0.29, 0.717) is 34.8 Å². The van der Waals surface area contributed by atoms with E-state index in [-0.39, 0.29) is 5.91 Å². The second kappa shape index (κ2) is 7.91. The fourth-order valence-corrected chi connectivity index (χ4v) is 4.02. The molecule has 27 heavy (non-hydrogen) atoms. The van der Waals surface area contributed by atoms with Gasteiger partial charge in [0.2, 0.25) is 0 Å². The highest BCUT2D eigenvalue weighted by Gasteiger charge is 2.27. The minimum atomic E-state index is -0.228. The van der Waals surface area contributed by atoms with Crippen molar-refractivity contribution >= 4 is 23.0 Å². The number of nitrogen functional groups attached to an aromatic ring is 1. The van der Waals surface area contributed by atoms with Gasteiger partial charge in [-0.15, -0.1) is 0 Å². The number of aryl methyl sites for hydroxylation is 1. The van der Waals surface area contributed by atoms with Crippen molar-refractivity contribution in [3.05, 3.63) is 47.5 Å². The molecule has 3 rings (SSSR count). The number of methoxy groups -OCH3 is 1. The number of ether oxygens (including phenoxy) is 1. The van der Waals surface area contributed by atoms with Crippen molar-refractivity contribution in [2.24, 2.45) is 0 Å². The van der Waals surface area contributed by atoms with Gasteiger partial charge in [-0.05, 0) is 69.9 Å². The van der Waals surface area contributed by atoms with Crippen LogP contribution in [0.1, 0.15) is 49.0 Å². The number of nitrogens with two attached hydrogens (primary N) is 1. The Kier molecular flexibility index (Phi) is 5.59. The van der Waals surface area contributed by atoms with Gasteiger partial charge in [0.25, 0.3) is 5.91 Å². The second-order valence-electron chi connectivity index (χ2n) is 7.42. The van der Waals surface area contributed by atoms with Crippen molar-refractivity contribution in [3.63, 3.8) is 0 Å². The van der Waals surface area contributed by atoms with Gasteiger partial charge in [-0.1, -0.05) is 12.1 Å². The van der Waals surface area contributed by atoms with Gasteiger partial charge >= 0.3 is 0 Å². The summed E-state index contributed by atoms with van der Waals surface area (Å²) in [5.41, 5.74) is 10.2. The number of piperidine rings is 1. The molecule has 0 aromatic heterocycles. The highest BCUT2D eigenvalue weighted by atomic mass is 16.5. The molecule has 2 atom stereocenters. The van der Waals surface area contributed by atoms with E-state index in [4.69, 9.17) is 10.5 Å². The minimum absolute atomic E-state index is 0.228. The molecule has 1 amide bonds. The Balaban J connectivity index is 1.93. The Bertz CT molecular complexity index is 824. The van der Waals surface area contributed by atoms with E-state index in [9.17, 15) is 4.79 Å². The van der Waals surface area contributed by atoms with Crippen molar-refractivity contribution < 1.29 is 9.53 Å². The van der Waals surface area contributed by atoms with Gasteiger partial charge in [-0.3, -0.25) is 4.79 Å². The fourth-order valence-electron chi connectivity index (χ4n) is 4.02. The van der Waals surface area contributed by atoms with Gasteiger partial charge in [0.05, 0.1) is 24.0 Å². The first kappa shape index (κ1) is 19.1. The number of hydrogen-bond acceptors (Lipinski definition) is 4. The lowest BCUT2D eigenvalue weighted by Crippen LogP contribution is -2.44. The number of benzene rings is 2. The minimum Gasteiger partial charge on any atom is -0.496 e. The highest BCUT2D eigenvalue weighted by molar-refractivity contribution is 6.07. The van der Waals surface area contributed by atoms with Gasteiger partial charge in [0, 0.05) is 17.8 Å². The second-order valence-corrected chi connectivity index (χ2v) is 7.42. The number of nitrogens with one attached hydrogen (secondary N) is 1. The van der Waals surface area contributed by atoms with Crippen molar-refractivity contribution in [1.82, 2.24) is 0 Å². The number of para-hydroxylation sites is 1. The van der Waals surface area contributed by atoms with Gasteiger partial charge in [-0.25, -0.2) is 0 Å². The standard InChI is InChI=1S/C22H29N3O2/c1-14-12-18(23)19(13-20(14)25-15(2)8-7-9-16(25)3)24-22(26)17-10-5-6-11-21(17)27-4/h5-6,10-13,15-16H,7-9,23H2,1-4H3,(H,24,26). The van der Waals surface area contributed by atoms with E-state index >= 15 is 0 Å². The van der Waals surface area contributed by atoms with Crippen molar-refractivity contribution in [3.8, 4) is 5.75 Å². The molecule has 1 fully saturated rings. The van der Waals surface area contributed by atoms with E-state index in [1.807, 2.05) is 24.3 Å². The summed E-state index contributed by atoms with van der Waals surface area (Å²) in [5.74, 6) is 0.313. The van der Waals surface area contributed by atoms with Gasteiger partial charge in [0.15, 0.2) is 0 Å². The molecule has 2 unspecified atom stereocenters. The summed E-state index contributed by atoms with van der Waals surface area (Å²) in [6, 6.07) is 12.1. The third kappa shape index (κ3) is 3.87. The molecule has 2 aromatic rings. The number of amides is 1. The van der Waals surface area contributed by atoms with Crippen molar-refractivity contribution in [2.45, 2.75) is 52.1 Å². The maximum absolute atomic E-state index is 12.8. The monoisotopic (exact) mass is 367 g/mol. The molecule has 5 heteroatoms. The number of anilines is 3. The normalized spacial score (nSPS) is 19.6. The Hall–Kier alpha value is -2.69. The molecule has 3 N–H and O–H groups in total. The molecule has 0 saturated carbocycles. The van der Waals surface area contributed by atoms with Crippen molar-refractivity contribution in [2.75, 3.05) is 23.1 Å². The lowest BCUT2D eigenvalue weighted by Gasteiger charge is -2.42. The average Bonchev–Trinajstić information content (AvgIpc) is 2.64. The Morgan fingerprint density at radius 1 is 1.19 bits per heavy atom. The molecular weight excluding hydrogens is 338 g/mol. The number of rotatable bonds is 4. The van der Waals surface area contributed by atoms with Crippen LogP contribution in [0.5, 0.6) is 5.75 Å². The third-order valence-corrected chi connectivity index (χ3v) is 5.44.